The fraction of sp³-hybridized carbons (Fsp3) is 0.286. The Bertz CT molecular complexity index is 844. The summed E-state index contributed by atoms with van der Waals surface area (Å²) in [6.45, 7) is 3.45. The zero-order valence-corrected chi connectivity index (χ0v) is 16.2. The van der Waals surface area contributed by atoms with Crippen LogP contribution < -0.4 is 0 Å². The topological polar surface area (TPSA) is 60.9 Å². The summed E-state index contributed by atoms with van der Waals surface area (Å²) in [5.74, 6) is -0.942. The summed E-state index contributed by atoms with van der Waals surface area (Å²) in [5.41, 5.74) is 2.01. The number of amides is 3. The Hall–Kier alpha value is -2.70. The van der Waals surface area contributed by atoms with Gasteiger partial charge in [0.25, 0.3) is 11.8 Å². The van der Waals surface area contributed by atoms with Crippen molar-refractivity contribution in [1.29, 1.82) is 0 Å². The molecule has 6 nitrogen and oxygen atoms in total. The van der Waals surface area contributed by atoms with Crippen LogP contribution in [0.3, 0.4) is 0 Å². The summed E-state index contributed by atoms with van der Waals surface area (Å²) in [4.78, 5) is 42.5. The van der Waals surface area contributed by atoms with Gasteiger partial charge in [-0.15, -0.1) is 12.4 Å². The van der Waals surface area contributed by atoms with Crippen molar-refractivity contribution in [3.8, 4) is 0 Å². The molecular formula is C21H22ClN3O3. The number of rotatable bonds is 4. The second-order valence-electron chi connectivity index (χ2n) is 6.88. The van der Waals surface area contributed by atoms with Crippen LogP contribution in [0.25, 0.3) is 0 Å². The zero-order chi connectivity index (χ0) is 18.8. The van der Waals surface area contributed by atoms with Gasteiger partial charge in [0, 0.05) is 32.7 Å². The van der Waals surface area contributed by atoms with Crippen LogP contribution in [0, 0.1) is 0 Å². The standard InChI is InChI=1S/C21H21N3O3.ClH/c25-19(15-24-20(26)17-8-4-5-9-18(17)21(24)27)23-12-10-22(11-13-23)14-16-6-2-1-3-7-16;/h1-9H,10-15H2;1H. The van der Waals surface area contributed by atoms with Gasteiger partial charge in [-0.05, 0) is 17.7 Å². The number of benzene rings is 2. The highest BCUT2D eigenvalue weighted by Crippen LogP contribution is 2.22. The number of hydrogen-bond acceptors (Lipinski definition) is 4. The van der Waals surface area contributed by atoms with Gasteiger partial charge in [-0.1, -0.05) is 42.5 Å². The van der Waals surface area contributed by atoms with E-state index in [0.717, 1.165) is 24.5 Å². The fourth-order valence-electron chi connectivity index (χ4n) is 3.61. The Morgan fingerprint density at radius 1 is 0.786 bits per heavy atom. The third-order valence-corrected chi connectivity index (χ3v) is 5.15. The number of fused-ring (bicyclic) bond motifs is 1. The number of carbonyl (C=O) groups excluding carboxylic acids is 3. The van der Waals surface area contributed by atoms with E-state index >= 15 is 0 Å². The molecule has 4 rings (SSSR count). The van der Waals surface area contributed by atoms with Crippen LogP contribution in [0.15, 0.2) is 54.6 Å². The first-order chi connectivity index (χ1) is 13.1. The van der Waals surface area contributed by atoms with E-state index < -0.39 is 0 Å². The molecular weight excluding hydrogens is 378 g/mol. The zero-order valence-electron chi connectivity index (χ0n) is 15.4. The van der Waals surface area contributed by atoms with Gasteiger partial charge in [-0.25, -0.2) is 0 Å². The minimum Gasteiger partial charge on any atom is -0.339 e. The maximum atomic E-state index is 12.6. The van der Waals surface area contributed by atoms with Gasteiger partial charge >= 0.3 is 0 Å². The summed E-state index contributed by atoms with van der Waals surface area (Å²) in [6.07, 6.45) is 0. The minimum absolute atomic E-state index is 0. The molecule has 0 spiro atoms. The van der Waals surface area contributed by atoms with Gasteiger partial charge in [0.05, 0.1) is 11.1 Å². The normalized spacial score (nSPS) is 16.7. The molecule has 2 aliphatic heterocycles. The SMILES string of the molecule is Cl.O=C(CN1C(=O)c2ccccc2C1=O)N1CCN(Cc2ccccc2)CC1. The molecule has 0 N–H and O–H groups in total. The number of piperazine rings is 1. The Labute approximate surface area is 170 Å². The average Bonchev–Trinajstić information content (AvgIpc) is 2.94. The quantitative estimate of drug-likeness (QED) is 0.738. The molecule has 3 amide bonds. The fourth-order valence-corrected chi connectivity index (χ4v) is 3.61. The van der Waals surface area contributed by atoms with Crippen LogP contribution in [0.2, 0.25) is 0 Å². The van der Waals surface area contributed by atoms with Gasteiger partial charge in [-0.2, -0.15) is 0 Å². The van der Waals surface area contributed by atoms with E-state index in [2.05, 4.69) is 17.0 Å². The molecule has 0 bridgehead atoms. The van der Waals surface area contributed by atoms with Crippen LogP contribution in [0.5, 0.6) is 0 Å². The Morgan fingerprint density at radius 3 is 1.89 bits per heavy atom. The molecule has 2 heterocycles. The summed E-state index contributed by atoms with van der Waals surface area (Å²) in [7, 11) is 0. The summed E-state index contributed by atoms with van der Waals surface area (Å²) in [6, 6.07) is 16.9. The van der Waals surface area contributed by atoms with Crippen LogP contribution in [-0.2, 0) is 11.3 Å². The monoisotopic (exact) mass is 399 g/mol. The maximum Gasteiger partial charge on any atom is 0.262 e. The van der Waals surface area contributed by atoms with Crippen LogP contribution >= 0.6 is 12.4 Å². The van der Waals surface area contributed by atoms with Gasteiger partial charge in [0.15, 0.2) is 0 Å². The first-order valence-corrected chi connectivity index (χ1v) is 9.13. The molecule has 2 aliphatic rings. The molecule has 0 aromatic heterocycles. The van der Waals surface area contributed by atoms with Crippen molar-refractivity contribution in [2.45, 2.75) is 6.54 Å². The first-order valence-electron chi connectivity index (χ1n) is 9.13. The Morgan fingerprint density at radius 2 is 1.32 bits per heavy atom. The third-order valence-electron chi connectivity index (χ3n) is 5.15. The van der Waals surface area contributed by atoms with E-state index in [9.17, 15) is 14.4 Å². The molecule has 1 saturated heterocycles. The van der Waals surface area contributed by atoms with Gasteiger partial charge in [0.1, 0.15) is 6.54 Å². The maximum absolute atomic E-state index is 12.6. The first kappa shape index (κ1) is 20.0. The molecule has 0 unspecified atom stereocenters. The lowest BCUT2D eigenvalue weighted by Crippen LogP contribution is -2.51. The molecule has 0 aliphatic carbocycles. The Balaban J connectivity index is 0.00000225. The molecule has 2 aromatic rings. The number of carbonyl (C=O) groups is 3. The lowest BCUT2D eigenvalue weighted by molar-refractivity contribution is -0.133. The molecule has 0 radical (unpaired) electrons. The van der Waals surface area contributed by atoms with E-state index in [1.54, 1.807) is 29.2 Å². The van der Waals surface area contributed by atoms with Crippen molar-refractivity contribution in [1.82, 2.24) is 14.7 Å². The summed E-state index contributed by atoms with van der Waals surface area (Å²) < 4.78 is 0. The van der Waals surface area contributed by atoms with E-state index in [1.165, 1.54) is 5.56 Å². The number of halogens is 1. The lowest BCUT2D eigenvalue weighted by Gasteiger charge is -2.35. The molecule has 2 aromatic carbocycles. The van der Waals surface area contributed by atoms with Crippen molar-refractivity contribution in [3.63, 3.8) is 0 Å². The number of imide groups is 1. The second-order valence-corrected chi connectivity index (χ2v) is 6.88. The van der Waals surface area contributed by atoms with Crippen molar-refractivity contribution < 1.29 is 14.4 Å². The van der Waals surface area contributed by atoms with Gasteiger partial charge in [0.2, 0.25) is 5.91 Å². The van der Waals surface area contributed by atoms with Crippen LogP contribution in [-0.4, -0.2) is 65.1 Å². The number of hydrogen-bond donors (Lipinski definition) is 0. The number of nitrogens with zero attached hydrogens (tertiary/aromatic N) is 3. The molecule has 0 saturated carbocycles. The predicted molar refractivity (Wildman–Crippen MR) is 107 cm³/mol. The van der Waals surface area contributed by atoms with Gasteiger partial charge in [-0.3, -0.25) is 24.2 Å². The minimum atomic E-state index is -0.383. The molecule has 28 heavy (non-hydrogen) atoms. The Kier molecular flexibility index (Phi) is 6.11. The highest BCUT2D eigenvalue weighted by Gasteiger charge is 2.37. The highest BCUT2D eigenvalue weighted by molar-refractivity contribution is 6.22. The molecule has 146 valence electrons. The highest BCUT2D eigenvalue weighted by atomic mass is 35.5. The summed E-state index contributed by atoms with van der Waals surface area (Å²) in [5, 5.41) is 0. The van der Waals surface area contributed by atoms with E-state index in [0.29, 0.717) is 24.2 Å². The largest absolute Gasteiger partial charge is 0.339 e. The van der Waals surface area contributed by atoms with E-state index in [4.69, 9.17) is 0 Å². The van der Waals surface area contributed by atoms with Gasteiger partial charge < -0.3 is 4.90 Å². The van der Waals surface area contributed by atoms with E-state index in [1.807, 2.05) is 18.2 Å². The van der Waals surface area contributed by atoms with Crippen molar-refractivity contribution in [2.24, 2.45) is 0 Å². The summed E-state index contributed by atoms with van der Waals surface area (Å²) >= 11 is 0. The second kappa shape index (κ2) is 8.54. The smallest absolute Gasteiger partial charge is 0.262 e. The van der Waals surface area contributed by atoms with Crippen molar-refractivity contribution in [3.05, 3.63) is 71.3 Å². The van der Waals surface area contributed by atoms with Crippen molar-refractivity contribution in [2.75, 3.05) is 32.7 Å². The third kappa shape index (κ3) is 3.93. The molecule has 7 heteroatoms. The average molecular weight is 400 g/mol. The predicted octanol–water partition coefficient (Wildman–Crippen LogP) is 2.05. The van der Waals surface area contributed by atoms with Crippen LogP contribution in [0.1, 0.15) is 26.3 Å². The van der Waals surface area contributed by atoms with Crippen LogP contribution in [0.4, 0.5) is 0 Å². The lowest BCUT2D eigenvalue weighted by atomic mass is 10.1. The van der Waals surface area contributed by atoms with Crippen molar-refractivity contribution >= 4 is 30.1 Å². The molecule has 1 fully saturated rings. The van der Waals surface area contributed by atoms with E-state index in [-0.39, 0.29) is 36.7 Å². The molecule has 0 atom stereocenters.